The first-order chi connectivity index (χ1) is 14.7. The molecule has 0 spiro atoms. The van der Waals surface area contributed by atoms with Gasteiger partial charge in [-0.2, -0.15) is 0 Å². The lowest BCUT2D eigenvalue weighted by atomic mass is 9.89. The summed E-state index contributed by atoms with van der Waals surface area (Å²) in [5.74, 6) is 1.34. The maximum Gasteiger partial charge on any atom is 0.326 e. The van der Waals surface area contributed by atoms with Crippen LogP contribution in [0.2, 0.25) is 0 Å². The molecular formula is C24H30N4O2. The topological polar surface area (TPSA) is 56.8 Å². The minimum absolute atomic E-state index is 0.0943. The van der Waals surface area contributed by atoms with E-state index in [0.29, 0.717) is 12.5 Å². The third-order valence-electron chi connectivity index (χ3n) is 6.65. The fourth-order valence-electron chi connectivity index (χ4n) is 4.84. The molecule has 1 unspecified atom stereocenters. The Labute approximate surface area is 178 Å². The number of dihydropyridines is 1. The molecule has 1 aromatic carbocycles. The van der Waals surface area contributed by atoms with Crippen LogP contribution in [0.1, 0.15) is 30.7 Å². The van der Waals surface area contributed by atoms with Gasteiger partial charge in [0, 0.05) is 37.4 Å². The molecule has 0 radical (unpaired) electrons. The van der Waals surface area contributed by atoms with Crippen LogP contribution >= 0.6 is 0 Å². The summed E-state index contributed by atoms with van der Waals surface area (Å²) in [6, 6.07) is 8.33. The number of piperidine rings is 1. The predicted octanol–water partition coefficient (Wildman–Crippen LogP) is 3.63. The van der Waals surface area contributed by atoms with Crippen molar-refractivity contribution in [2.75, 3.05) is 44.7 Å². The number of carbonyl (C=O) groups excluding carboxylic acids is 1. The Kier molecular flexibility index (Phi) is 5.60. The Morgan fingerprint density at radius 2 is 2.00 bits per heavy atom. The first-order valence-corrected chi connectivity index (χ1v) is 11.1. The lowest BCUT2D eigenvalue weighted by molar-refractivity contribution is 0.152. The Balaban J connectivity index is 1.12. The Bertz CT molecular complexity index is 860. The maximum atomic E-state index is 12.6. The minimum Gasteiger partial charge on any atom is -0.381 e. The number of ether oxygens (including phenoxy) is 1. The van der Waals surface area contributed by atoms with Gasteiger partial charge in [0.2, 0.25) is 0 Å². The highest BCUT2D eigenvalue weighted by Crippen LogP contribution is 2.30. The van der Waals surface area contributed by atoms with Gasteiger partial charge in [0.05, 0.1) is 13.2 Å². The number of rotatable bonds is 4. The number of hydrogen-bond acceptors (Lipinski definition) is 4. The lowest BCUT2D eigenvalue weighted by Gasteiger charge is -2.33. The molecule has 2 N–H and O–H groups in total. The van der Waals surface area contributed by atoms with Crippen LogP contribution in [0.5, 0.6) is 0 Å². The normalized spacial score (nSPS) is 24.3. The summed E-state index contributed by atoms with van der Waals surface area (Å²) in [7, 11) is 0. The number of hydrogen-bond donors (Lipinski definition) is 2. The van der Waals surface area contributed by atoms with Gasteiger partial charge >= 0.3 is 6.03 Å². The van der Waals surface area contributed by atoms with Crippen LogP contribution < -0.4 is 10.6 Å². The van der Waals surface area contributed by atoms with Gasteiger partial charge in [-0.1, -0.05) is 12.1 Å². The van der Waals surface area contributed by atoms with E-state index in [2.05, 4.69) is 27.7 Å². The van der Waals surface area contributed by atoms with E-state index in [1.165, 1.54) is 44.5 Å². The molecule has 4 heterocycles. The van der Waals surface area contributed by atoms with Crippen LogP contribution in [-0.2, 0) is 4.74 Å². The van der Waals surface area contributed by atoms with Gasteiger partial charge in [-0.05, 0) is 79.1 Å². The van der Waals surface area contributed by atoms with Crippen molar-refractivity contribution in [3.8, 4) is 0 Å². The molecule has 0 bridgehead atoms. The Morgan fingerprint density at radius 3 is 2.73 bits per heavy atom. The standard InChI is InChI=1S/C24H30N4O2/c29-24(28-15-21-5-9-25-13-22(21)16-28)26-23-3-1-19(2-4-23)20-6-10-27(11-7-20)14-18-8-12-30-17-18/h1-5,9,13,15,18,20,25H,6-8,10-12,14,16-17H2,(H,26,29). The number of benzene rings is 1. The first kappa shape index (κ1) is 19.4. The van der Waals surface area contributed by atoms with Gasteiger partial charge in [0.15, 0.2) is 0 Å². The van der Waals surface area contributed by atoms with Gasteiger partial charge in [-0.3, -0.25) is 4.90 Å². The Morgan fingerprint density at radius 1 is 1.17 bits per heavy atom. The fourth-order valence-corrected chi connectivity index (χ4v) is 4.84. The number of nitrogens with zero attached hydrogens (tertiary/aromatic N) is 2. The number of amides is 2. The van der Waals surface area contributed by atoms with E-state index in [0.717, 1.165) is 36.0 Å². The number of fused-ring (bicyclic) bond motifs is 1. The summed E-state index contributed by atoms with van der Waals surface area (Å²) in [5, 5.41) is 6.09. The second-order valence-corrected chi connectivity index (χ2v) is 8.74. The van der Waals surface area contributed by atoms with E-state index in [4.69, 9.17) is 4.74 Å². The molecule has 4 aliphatic rings. The van der Waals surface area contributed by atoms with E-state index >= 15 is 0 Å². The lowest BCUT2D eigenvalue weighted by Crippen LogP contribution is -2.36. The number of carbonyl (C=O) groups is 1. The molecule has 0 aliphatic carbocycles. The molecule has 6 nitrogen and oxygen atoms in total. The Hall–Kier alpha value is -2.57. The fraction of sp³-hybridized carbons (Fsp3) is 0.458. The van der Waals surface area contributed by atoms with Crippen molar-refractivity contribution in [3.05, 3.63) is 65.7 Å². The quantitative estimate of drug-likeness (QED) is 0.802. The van der Waals surface area contributed by atoms with Crippen LogP contribution in [-0.4, -0.2) is 55.2 Å². The van der Waals surface area contributed by atoms with Crippen LogP contribution in [0.15, 0.2) is 60.1 Å². The number of nitrogens with one attached hydrogen (secondary N) is 2. The zero-order valence-electron chi connectivity index (χ0n) is 17.3. The van der Waals surface area contributed by atoms with Crippen LogP contribution in [0, 0.1) is 5.92 Å². The first-order valence-electron chi connectivity index (χ1n) is 11.1. The van der Waals surface area contributed by atoms with Gasteiger partial charge < -0.3 is 20.3 Å². The molecule has 4 aliphatic heterocycles. The van der Waals surface area contributed by atoms with Gasteiger partial charge in [-0.25, -0.2) is 4.79 Å². The second-order valence-electron chi connectivity index (χ2n) is 8.74. The zero-order valence-corrected chi connectivity index (χ0v) is 17.3. The summed E-state index contributed by atoms with van der Waals surface area (Å²) in [6.45, 7) is 6.00. The predicted molar refractivity (Wildman–Crippen MR) is 118 cm³/mol. The van der Waals surface area contributed by atoms with Gasteiger partial charge in [-0.15, -0.1) is 0 Å². The molecule has 2 saturated heterocycles. The molecule has 0 saturated carbocycles. The monoisotopic (exact) mass is 406 g/mol. The average molecular weight is 407 g/mol. The van der Waals surface area contributed by atoms with Crippen LogP contribution in [0.25, 0.3) is 0 Å². The molecule has 158 valence electrons. The molecule has 1 atom stereocenters. The molecular weight excluding hydrogens is 376 g/mol. The molecule has 2 amide bonds. The second kappa shape index (κ2) is 8.66. The third-order valence-corrected chi connectivity index (χ3v) is 6.65. The van der Waals surface area contributed by atoms with E-state index < -0.39 is 0 Å². The smallest absolute Gasteiger partial charge is 0.326 e. The molecule has 30 heavy (non-hydrogen) atoms. The largest absolute Gasteiger partial charge is 0.381 e. The SMILES string of the molecule is O=C(Nc1ccc(C2CCN(CC3CCOC3)CC2)cc1)N1C=C2C=CNC=C2C1. The number of allylic oxidation sites excluding steroid dienone is 1. The number of likely N-dealkylation sites (tertiary alicyclic amines) is 1. The van der Waals surface area contributed by atoms with E-state index in [9.17, 15) is 4.79 Å². The summed E-state index contributed by atoms with van der Waals surface area (Å²) in [5.41, 5.74) is 4.45. The maximum absolute atomic E-state index is 12.6. The zero-order chi connectivity index (χ0) is 20.3. The van der Waals surface area contributed by atoms with Gasteiger partial charge in [0.25, 0.3) is 0 Å². The minimum atomic E-state index is -0.0943. The van der Waals surface area contributed by atoms with Crippen molar-refractivity contribution >= 4 is 11.7 Å². The highest BCUT2D eigenvalue weighted by molar-refractivity contribution is 5.91. The van der Waals surface area contributed by atoms with Crippen molar-refractivity contribution in [2.24, 2.45) is 5.92 Å². The van der Waals surface area contributed by atoms with Gasteiger partial charge in [0.1, 0.15) is 0 Å². The number of anilines is 1. The van der Waals surface area contributed by atoms with Crippen molar-refractivity contribution in [1.82, 2.24) is 15.1 Å². The van der Waals surface area contributed by atoms with Crippen molar-refractivity contribution in [1.29, 1.82) is 0 Å². The average Bonchev–Trinajstić information content (AvgIpc) is 3.44. The highest BCUT2D eigenvalue weighted by atomic mass is 16.5. The summed E-state index contributed by atoms with van der Waals surface area (Å²) in [4.78, 5) is 16.9. The molecule has 2 fully saturated rings. The van der Waals surface area contributed by atoms with Crippen molar-refractivity contribution in [3.63, 3.8) is 0 Å². The van der Waals surface area contributed by atoms with Crippen molar-refractivity contribution < 1.29 is 9.53 Å². The highest BCUT2D eigenvalue weighted by Gasteiger charge is 2.25. The van der Waals surface area contributed by atoms with Crippen LogP contribution in [0.3, 0.4) is 0 Å². The van der Waals surface area contributed by atoms with E-state index in [-0.39, 0.29) is 6.03 Å². The molecule has 1 aromatic rings. The number of urea groups is 1. The summed E-state index contributed by atoms with van der Waals surface area (Å²) < 4.78 is 5.51. The third kappa shape index (κ3) is 4.30. The molecule has 5 rings (SSSR count). The summed E-state index contributed by atoms with van der Waals surface area (Å²) >= 11 is 0. The van der Waals surface area contributed by atoms with E-state index in [1.807, 2.05) is 36.8 Å². The molecule has 0 aromatic heterocycles. The molecule has 6 heteroatoms. The van der Waals surface area contributed by atoms with Crippen LogP contribution in [0.4, 0.5) is 10.5 Å². The van der Waals surface area contributed by atoms with E-state index in [1.54, 1.807) is 4.90 Å². The summed E-state index contributed by atoms with van der Waals surface area (Å²) in [6.07, 6.45) is 11.3. The van der Waals surface area contributed by atoms with Crippen molar-refractivity contribution in [2.45, 2.75) is 25.2 Å².